The molecule has 3 aromatic carbocycles. The number of esters is 3. The number of ether oxygens (including phenoxy) is 9. The number of benzene rings is 3. The molecule has 0 aromatic heterocycles. The number of methoxy groups -OCH3 is 1. The molecule has 0 N–H and O–H groups in total. The van der Waals surface area contributed by atoms with Crippen LogP contribution in [0.3, 0.4) is 0 Å². The molecule has 12 heteroatoms. The predicted molar refractivity (Wildman–Crippen MR) is 143 cm³/mol. The fourth-order valence-corrected chi connectivity index (χ4v) is 3.54. The molecular formula is C30H28O12. The Bertz CT molecular complexity index is 1380. The fraction of sp³-hybridized carbons (Fsp3) is 0.300. The summed E-state index contributed by atoms with van der Waals surface area (Å²) in [6.45, 7) is 2.43. The van der Waals surface area contributed by atoms with Gasteiger partial charge >= 0.3 is 17.9 Å². The Morgan fingerprint density at radius 3 is 1.62 bits per heavy atom. The Balaban J connectivity index is 1.16. The Kier molecular flexibility index (Phi) is 9.62. The molecule has 2 fully saturated rings. The molecule has 42 heavy (non-hydrogen) atoms. The summed E-state index contributed by atoms with van der Waals surface area (Å²) in [5.74, 6) is -1.18. The minimum Gasteiger partial charge on any atom is -0.468 e. The molecule has 0 aliphatic carbocycles. The predicted octanol–water partition coefficient (Wildman–Crippen LogP) is 3.42. The normalized spacial score (nSPS) is 16.7. The van der Waals surface area contributed by atoms with Gasteiger partial charge in [-0.05, 0) is 66.7 Å². The second-order valence-corrected chi connectivity index (χ2v) is 9.15. The number of epoxide rings is 2. The van der Waals surface area contributed by atoms with Crippen molar-refractivity contribution in [3.8, 4) is 23.0 Å². The van der Waals surface area contributed by atoms with E-state index in [9.17, 15) is 14.4 Å². The Labute approximate surface area is 240 Å². The maximum atomic E-state index is 12.8. The van der Waals surface area contributed by atoms with Crippen molar-refractivity contribution in [2.24, 2.45) is 0 Å². The van der Waals surface area contributed by atoms with E-state index >= 15 is 0 Å². The van der Waals surface area contributed by atoms with Gasteiger partial charge < -0.3 is 42.6 Å². The quantitative estimate of drug-likeness (QED) is 0.0855. The van der Waals surface area contributed by atoms with E-state index in [1.54, 1.807) is 24.3 Å². The Morgan fingerprint density at radius 2 is 1.14 bits per heavy atom. The molecule has 2 heterocycles. The number of hydrogen-bond acceptors (Lipinski definition) is 12. The summed E-state index contributed by atoms with van der Waals surface area (Å²) >= 11 is 0. The lowest BCUT2D eigenvalue weighted by Gasteiger charge is -2.12. The van der Waals surface area contributed by atoms with Gasteiger partial charge in [-0.25, -0.2) is 14.4 Å². The lowest BCUT2D eigenvalue weighted by atomic mass is 10.1. The summed E-state index contributed by atoms with van der Waals surface area (Å²) in [6, 6.07) is 16.5. The SMILES string of the molecule is COC(=O)c1cc(OC(=O)c2ccc(OCOCC3CO3)cc2)ccc1OC(=O)c1ccc(OCOCC2CO2)cc1. The second kappa shape index (κ2) is 13.9. The van der Waals surface area contributed by atoms with E-state index in [0.717, 1.165) is 0 Å². The van der Waals surface area contributed by atoms with Gasteiger partial charge in [-0.1, -0.05) is 0 Å². The van der Waals surface area contributed by atoms with Crippen molar-refractivity contribution in [2.75, 3.05) is 47.1 Å². The van der Waals surface area contributed by atoms with Crippen molar-refractivity contribution in [1.29, 1.82) is 0 Å². The first-order valence-corrected chi connectivity index (χ1v) is 13.0. The zero-order valence-electron chi connectivity index (χ0n) is 22.6. The first-order chi connectivity index (χ1) is 20.5. The van der Waals surface area contributed by atoms with Crippen LogP contribution in [0.4, 0.5) is 0 Å². The molecule has 12 nitrogen and oxygen atoms in total. The third kappa shape index (κ3) is 8.51. The monoisotopic (exact) mass is 580 g/mol. The molecule has 5 rings (SSSR count). The van der Waals surface area contributed by atoms with Crippen LogP contribution in [0.25, 0.3) is 0 Å². The number of rotatable bonds is 15. The average molecular weight is 581 g/mol. The van der Waals surface area contributed by atoms with E-state index in [1.165, 1.54) is 49.6 Å². The Hall–Kier alpha value is -4.49. The van der Waals surface area contributed by atoms with E-state index in [4.69, 9.17) is 42.6 Å². The average Bonchev–Trinajstić information content (AvgIpc) is 3.95. The number of hydrogen-bond donors (Lipinski definition) is 0. The van der Waals surface area contributed by atoms with Crippen LogP contribution in [-0.2, 0) is 23.7 Å². The molecule has 2 saturated heterocycles. The van der Waals surface area contributed by atoms with Gasteiger partial charge in [0, 0.05) is 0 Å². The van der Waals surface area contributed by atoms with Crippen LogP contribution in [0, 0.1) is 0 Å². The molecule has 3 aromatic rings. The summed E-state index contributed by atoms with van der Waals surface area (Å²) in [7, 11) is 1.18. The summed E-state index contributed by atoms with van der Waals surface area (Å²) < 4.78 is 47.4. The highest BCUT2D eigenvalue weighted by molar-refractivity contribution is 5.97. The van der Waals surface area contributed by atoms with Gasteiger partial charge in [0.2, 0.25) is 0 Å². The van der Waals surface area contributed by atoms with Crippen LogP contribution in [0.5, 0.6) is 23.0 Å². The van der Waals surface area contributed by atoms with E-state index < -0.39 is 17.9 Å². The molecule has 2 aliphatic rings. The molecule has 220 valence electrons. The standard InChI is InChI=1S/C30H28O12/c1-34-30(33)26-12-23(41-28(31)19-2-6-21(7-3-19)39-17-35-13-24-15-37-24)10-11-27(26)42-29(32)20-4-8-22(9-5-20)40-18-36-14-25-16-38-25/h2-12,24-25H,13-18H2,1H3. The van der Waals surface area contributed by atoms with Gasteiger partial charge in [0.25, 0.3) is 0 Å². The van der Waals surface area contributed by atoms with E-state index in [-0.39, 0.29) is 54.0 Å². The van der Waals surface area contributed by atoms with Crippen LogP contribution in [0.2, 0.25) is 0 Å². The molecule has 0 bridgehead atoms. The van der Waals surface area contributed by atoms with Gasteiger partial charge in [0.1, 0.15) is 40.8 Å². The largest absolute Gasteiger partial charge is 0.468 e. The van der Waals surface area contributed by atoms with Crippen molar-refractivity contribution in [3.05, 3.63) is 83.4 Å². The van der Waals surface area contributed by atoms with Crippen molar-refractivity contribution < 1.29 is 57.0 Å². The lowest BCUT2D eigenvalue weighted by Crippen LogP contribution is -2.14. The van der Waals surface area contributed by atoms with Crippen LogP contribution < -0.4 is 18.9 Å². The summed E-state index contributed by atoms with van der Waals surface area (Å²) in [4.78, 5) is 37.9. The van der Waals surface area contributed by atoms with Crippen LogP contribution in [-0.4, -0.2) is 77.2 Å². The van der Waals surface area contributed by atoms with Gasteiger partial charge in [-0.3, -0.25) is 0 Å². The third-order valence-electron chi connectivity index (χ3n) is 5.98. The smallest absolute Gasteiger partial charge is 0.343 e. The van der Waals surface area contributed by atoms with Gasteiger partial charge in [-0.15, -0.1) is 0 Å². The first-order valence-electron chi connectivity index (χ1n) is 13.0. The maximum Gasteiger partial charge on any atom is 0.343 e. The molecule has 0 radical (unpaired) electrons. The molecule has 0 spiro atoms. The topological polar surface area (TPSA) is 141 Å². The maximum absolute atomic E-state index is 12.8. The summed E-state index contributed by atoms with van der Waals surface area (Å²) in [5.41, 5.74) is 0.366. The van der Waals surface area contributed by atoms with Crippen LogP contribution in [0.1, 0.15) is 31.1 Å². The van der Waals surface area contributed by atoms with E-state index in [1.807, 2.05) is 0 Å². The van der Waals surface area contributed by atoms with Gasteiger partial charge in [-0.2, -0.15) is 0 Å². The van der Waals surface area contributed by atoms with Crippen molar-refractivity contribution in [1.82, 2.24) is 0 Å². The van der Waals surface area contributed by atoms with Gasteiger partial charge in [0.15, 0.2) is 13.6 Å². The highest BCUT2D eigenvalue weighted by Gasteiger charge is 2.23. The highest BCUT2D eigenvalue weighted by atomic mass is 16.7. The van der Waals surface area contributed by atoms with Crippen molar-refractivity contribution in [2.45, 2.75) is 12.2 Å². The lowest BCUT2D eigenvalue weighted by molar-refractivity contribution is 0.00808. The fourth-order valence-electron chi connectivity index (χ4n) is 3.54. The molecule has 2 atom stereocenters. The molecule has 0 amide bonds. The minimum absolute atomic E-state index is 0.0492. The minimum atomic E-state index is -0.784. The van der Waals surface area contributed by atoms with E-state index in [2.05, 4.69) is 0 Å². The summed E-state index contributed by atoms with van der Waals surface area (Å²) in [6.07, 6.45) is 0.279. The van der Waals surface area contributed by atoms with Crippen molar-refractivity contribution >= 4 is 17.9 Å². The van der Waals surface area contributed by atoms with E-state index in [0.29, 0.717) is 37.9 Å². The van der Waals surface area contributed by atoms with Crippen LogP contribution in [0.15, 0.2) is 66.7 Å². The zero-order chi connectivity index (χ0) is 29.3. The number of carbonyl (C=O) groups excluding carboxylic acids is 3. The second-order valence-electron chi connectivity index (χ2n) is 9.15. The first kappa shape index (κ1) is 29.0. The molecular weight excluding hydrogens is 552 g/mol. The number of carbonyl (C=O) groups is 3. The van der Waals surface area contributed by atoms with Gasteiger partial charge in [0.05, 0.1) is 44.7 Å². The van der Waals surface area contributed by atoms with Crippen molar-refractivity contribution in [3.63, 3.8) is 0 Å². The molecule has 2 aliphatic heterocycles. The molecule has 2 unspecified atom stereocenters. The summed E-state index contributed by atoms with van der Waals surface area (Å²) in [5, 5.41) is 0. The highest BCUT2D eigenvalue weighted by Crippen LogP contribution is 2.27. The Morgan fingerprint density at radius 1 is 0.667 bits per heavy atom. The molecule has 0 saturated carbocycles. The third-order valence-corrected chi connectivity index (χ3v) is 5.98. The zero-order valence-corrected chi connectivity index (χ0v) is 22.6. The van der Waals surface area contributed by atoms with Crippen LogP contribution >= 0.6 is 0 Å².